The molecule has 5 nitrogen and oxygen atoms in total. The molecule has 0 radical (unpaired) electrons. The van der Waals surface area contributed by atoms with Crippen LogP contribution in [-0.4, -0.2) is 38.3 Å². The summed E-state index contributed by atoms with van der Waals surface area (Å²) in [6.07, 6.45) is 0.0445. The van der Waals surface area contributed by atoms with E-state index < -0.39 is 33.1 Å². The van der Waals surface area contributed by atoms with Gasteiger partial charge in [-0.05, 0) is 12.5 Å². The van der Waals surface area contributed by atoms with E-state index in [9.17, 15) is 18.0 Å². The third kappa shape index (κ3) is 6.15. The Morgan fingerprint density at radius 1 is 1.11 bits per heavy atom. The number of Topliss-reactive ketones (excluding diaryl/α,β-unsaturated/α-hetero) is 1. The molecule has 0 atom stereocenters. The molecule has 0 aliphatic carbocycles. The molecule has 0 amide bonds. The molecule has 0 aliphatic heterocycles. The molecule has 0 aliphatic rings. The SMILES string of the molecule is CCOC(=O)CS(=O)(=O)CC(=O)Cc1ccccc1. The van der Waals surface area contributed by atoms with Crippen LogP contribution in [0.1, 0.15) is 12.5 Å². The van der Waals surface area contributed by atoms with E-state index in [1.165, 1.54) is 0 Å². The first-order valence-corrected chi connectivity index (χ1v) is 7.67. The van der Waals surface area contributed by atoms with E-state index in [0.29, 0.717) is 0 Å². The second-order valence-electron chi connectivity index (χ2n) is 4.04. The lowest BCUT2D eigenvalue weighted by Crippen LogP contribution is -2.25. The summed E-state index contributed by atoms with van der Waals surface area (Å²) in [7, 11) is -3.75. The maximum Gasteiger partial charge on any atom is 0.321 e. The van der Waals surface area contributed by atoms with E-state index in [1.54, 1.807) is 31.2 Å². The third-order valence-corrected chi connectivity index (χ3v) is 3.71. The van der Waals surface area contributed by atoms with Gasteiger partial charge in [0.1, 0.15) is 11.5 Å². The molecule has 1 aromatic rings. The molecule has 0 fully saturated rings. The maximum absolute atomic E-state index is 11.6. The number of hydrogen-bond acceptors (Lipinski definition) is 5. The van der Waals surface area contributed by atoms with E-state index in [4.69, 9.17) is 0 Å². The van der Waals surface area contributed by atoms with Crippen molar-refractivity contribution in [2.45, 2.75) is 13.3 Å². The van der Waals surface area contributed by atoms with Crippen molar-refractivity contribution in [2.24, 2.45) is 0 Å². The number of esters is 1. The molecule has 104 valence electrons. The van der Waals surface area contributed by atoms with Crippen LogP contribution >= 0.6 is 0 Å². The van der Waals surface area contributed by atoms with Crippen LogP contribution in [0, 0.1) is 0 Å². The largest absolute Gasteiger partial charge is 0.465 e. The fraction of sp³-hybridized carbons (Fsp3) is 0.385. The van der Waals surface area contributed by atoms with Gasteiger partial charge in [0.05, 0.1) is 6.61 Å². The predicted molar refractivity (Wildman–Crippen MR) is 70.4 cm³/mol. The summed E-state index contributed by atoms with van der Waals surface area (Å²) < 4.78 is 27.7. The van der Waals surface area contributed by atoms with Crippen molar-refractivity contribution in [1.82, 2.24) is 0 Å². The number of benzene rings is 1. The van der Waals surface area contributed by atoms with Gasteiger partial charge in [0.25, 0.3) is 0 Å². The zero-order valence-electron chi connectivity index (χ0n) is 10.7. The smallest absolute Gasteiger partial charge is 0.321 e. The Balaban J connectivity index is 2.54. The number of hydrogen-bond donors (Lipinski definition) is 0. The molecule has 0 spiro atoms. The second-order valence-corrected chi connectivity index (χ2v) is 6.10. The number of carbonyl (C=O) groups excluding carboxylic acids is 2. The fourth-order valence-corrected chi connectivity index (χ4v) is 2.69. The highest BCUT2D eigenvalue weighted by molar-refractivity contribution is 7.92. The average molecular weight is 284 g/mol. The second kappa shape index (κ2) is 7.04. The number of carbonyl (C=O) groups is 2. The predicted octanol–water partition coefficient (Wildman–Crippen LogP) is 0.776. The van der Waals surface area contributed by atoms with E-state index in [1.807, 2.05) is 6.07 Å². The molecule has 0 heterocycles. The minimum atomic E-state index is -3.75. The number of sulfone groups is 1. The first kappa shape index (κ1) is 15.4. The number of rotatable bonds is 7. The van der Waals surface area contributed by atoms with Gasteiger partial charge < -0.3 is 4.74 Å². The van der Waals surface area contributed by atoms with Crippen LogP contribution in [0.3, 0.4) is 0 Å². The lowest BCUT2D eigenvalue weighted by molar-refractivity contribution is -0.139. The summed E-state index contributed by atoms with van der Waals surface area (Å²) >= 11 is 0. The molecular formula is C13H16O5S. The van der Waals surface area contributed by atoms with Crippen LogP contribution in [-0.2, 0) is 30.6 Å². The van der Waals surface area contributed by atoms with E-state index in [0.717, 1.165) is 5.56 Å². The van der Waals surface area contributed by atoms with Gasteiger partial charge in [-0.2, -0.15) is 0 Å². The minimum absolute atomic E-state index is 0.0445. The van der Waals surface area contributed by atoms with Crippen molar-refractivity contribution >= 4 is 21.6 Å². The average Bonchev–Trinajstić information content (AvgIpc) is 2.28. The van der Waals surface area contributed by atoms with Gasteiger partial charge in [-0.1, -0.05) is 30.3 Å². The van der Waals surface area contributed by atoms with Crippen molar-refractivity contribution in [2.75, 3.05) is 18.1 Å². The summed E-state index contributed by atoms with van der Waals surface area (Å²) in [6.45, 7) is 1.71. The highest BCUT2D eigenvalue weighted by Gasteiger charge is 2.21. The fourth-order valence-electron chi connectivity index (χ4n) is 1.55. The molecule has 6 heteroatoms. The quantitative estimate of drug-likeness (QED) is 0.691. The molecule has 0 unspecified atom stereocenters. The van der Waals surface area contributed by atoms with Crippen LogP contribution in [0.4, 0.5) is 0 Å². The van der Waals surface area contributed by atoms with Crippen molar-refractivity contribution in [3.63, 3.8) is 0 Å². The third-order valence-electron chi connectivity index (χ3n) is 2.27. The standard InChI is InChI=1S/C13H16O5S/c1-2-18-13(15)10-19(16,17)9-12(14)8-11-6-4-3-5-7-11/h3-7H,2,8-10H2,1H3. The molecule has 0 bridgehead atoms. The van der Waals surface area contributed by atoms with Crippen LogP contribution in [0.25, 0.3) is 0 Å². The zero-order valence-corrected chi connectivity index (χ0v) is 11.5. The van der Waals surface area contributed by atoms with Gasteiger partial charge in [-0.15, -0.1) is 0 Å². The Bertz CT molecular complexity index is 533. The Kier molecular flexibility index (Phi) is 5.69. The minimum Gasteiger partial charge on any atom is -0.465 e. The maximum atomic E-state index is 11.6. The molecule has 0 saturated heterocycles. The first-order chi connectivity index (χ1) is 8.93. The van der Waals surface area contributed by atoms with Crippen LogP contribution in [0.15, 0.2) is 30.3 Å². The van der Waals surface area contributed by atoms with Crippen LogP contribution in [0.2, 0.25) is 0 Å². The van der Waals surface area contributed by atoms with Gasteiger partial charge in [-0.25, -0.2) is 8.42 Å². The molecule has 0 aromatic heterocycles. The number of ether oxygens (including phenoxy) is 1. The lowest BCUT2D eigenvalue weighted by Gasteiger charge is -2.04. The van der Waals surface area contributed by atoms with Crippen LogP contribution in [0.5, 0.6) is 0 Å². The highest BCUT2D eigenvalue weighted by atomic mass is 32.2. The molecule has 1 aromatic carbocycles. The van der Waals surface area contributed by atoms with Crippen LogP contribution < -0.4 is 0 Å². The summed E-state index contributed by atoms with van der Waals surface area (Å²) in [5, 5.41) is 0. The Labute approximate surface area is 112 Å². The molecule has 0 saturated carbocycles. The van der Waals surface area contributed by atoms with Gasteiger partial charge in [0, 0.05) is 6.42 Å². The summed E-state index contributed by atoms with van der Waals surface area (Å²) in [6, 6.07) is 8.85. The first-order valence-electron chi connectivity index (χ1n) is 5.84. The highest BCUT2D eigenvalue weighted by Crippen LogP contribution is 2.02. The molecule has 1 rings (SSSR count). The van der Waals surface area contributed by atoms with E-state index in [2.05, 4.69) is 4.74 Å². The van der Waals surface area contributed by atoms with Gasteiger partial charge in [0.2, 0.25) is 0 Å². The van der Waals surface area contributed by atoms with Gasteiger partial charge in [0.15, 0.2) is 15.6 Å². The topological polar surface area (TPSA) is 77.5 Å². The van der Waals surface area contributed by atoms with Crippen molar-refractivity contribution in [1.29, 1.82) is 0 Å². The molecule has 19 heavy (non-hydrogen) atoms. The normalized spacial score (nSPS) is 11.0. The molecular weight excluding hydrogens is 268 g/mol. The Hall–Kier alpha value is -1.69. The monoisotopic (exact) mass is 284 g/mol. The summed E-state index contributed by atoms with van der Waals surface area (Å²) in [5.74, 6) is -2.65. The zero-order chi connectivity index (χ0) is 14.3. The van der Waals surface area contributed by atoms with E-state index in [-0.39, 0.29) is 13.0 Å². The van der Waals surface area contributed by atoms with Gasteiger partial charge >= 0.3 is 5.97 Å². The Morgan fingerprint density at radius 3 is 2.32 bits per heavy atom. The van der Waals surface area contributed by atoms with Gasteiger partial charge in [-0.3, -0.25) is 9.59 Å². The molecule has 0 N–H and O–H groups in total. The van der Waals surface area contributed by atoms with E-state index >= 15 is 0 Å². The Morgan fingerprint density at radius 2 is 1.74 bits per heavy atom. The van der Waals surface area contributed by atoms with Crippen molar-refractivity contribution < 1.29 is 22.7 Å². The lowest BCUT2D eigenvalue weighted by atomic mass is 10.1. The van der Waals surface area contributed by atoms with Crippen molar-refractivity contribution in [3.05, 3.63) is 35.9 Å². The number of ketones is 1. The summed E-state index contributed by atoms with van der Waals surface area (Å²) in [5.41, 5.74) is 0.749. The summed E-state index contributed by atoms with van der Waals surface area (Å²) in [4.78, 5) is 22.7. The van der Waals surface area contributed by atoms with Crippen molar-refractivity contribution in [3.8, 4) is 0 Å².